The molecule has 0 fully saturated rings. The van der Waals surface area contributed by atoms with Gasteiger partial charge in [0.1, 0.15) is 0 Å². The lowest BCUT2D eigenvalue weighted by Gasteiger charge is -2.05. The summed E-state index contributed by atoms with van der Waals surface area (Å²) in [5.41, 5.74) is -0.0139. The smallest absolute Gasteiger partial charge is 0.166 e. The van der Waals surface area contributed by atoms with E-state index in [1.54, 1.807) is 0 Å². The molecule has 0 aliphatic rings. The molecule has 0 heterocycles. The Kier molecular flexibility index (Phi) is 3.79. The molecule has 0 atom stereocenters. The Morgan fingerprint density at radius 3 is 2.20 bits per heavy atom. The largest absolute Gasteiger partial charge is 0.416 e. The van der Waals surface area contributed by atoms with Gasteiger partial charge in [-0.25, -0.2) is 0 Å². The van der Waals surface area contributed by atoms with E-state index >= 15 is 0 Å². The quantitative estimate of drug-likeness (QED) is 0.620. The molecule has 0 nitrogen and oxygen atoms in total. The molecular weight excluding hydrogens is 201 g/mol. The first kappa shape index (κ1) is 11.6. The Hall–Kier alpha value is -1.43. The van der Waals surface area contributed by atoms with Crippen molar-refractivity contribution >= 4 is 0 Å². The van der Waals surface area contributed by atoms with E-state index in [0.29, 0.717) is 5.56 Å². The van der Waals surface area contributed by atoms with Gasteiger partial charge < -0.3 is 0 Å². The third-order valence-corrected chi connectivity index (χ3v) is 1.82. The van der Waals surface area contributed by atoms with Crippen LogP contribution in [0.25, 0.3) is 0 Å². The Bertz CT molecular complexity index is 363. The van der Waals surface area contributed by atoms with Crippen molar-refractivity contribution in [1.29, 1.82) is 0 Å². The lowest BCUT2D eigenvalue weighted by atomic mass is 10.1. The SMILES string of the molecule is CCCC#Cc1ccc(C(F)(F)F)cc1. The molecule has 1 aromatic carbocycles. The molecule has 0 saturated carbocycles. The first-order chi connectivity index (χ1) is 7.04. The molecule has 0 amide bonds. The summed E-state index contributed by atoms with van der Waals surface area (Å²) >= 11 is 0. The molecule has 0 aliphatic carbocycles. The van der Waals surface area contributed by atoms with Crippen molar-refractivity contribution in [2.45, 2.75) is 25.9 Å². The molecule has 80 valence electrons. The molecule has 0 aromatic heterocycles. The monoisotopic (exact) mass is 212 g/mol. The van der Waals surface area contributed by atoms with E-state index in [1.165, 1.54) is 12.1 Å². The molecular formula is C12H11F3. The van der Waals surface area contributed by atoms with Crippen LogP contribution in [0.2, 0.25) is 0 Å². The fraction of sp³-hybridized carbons (Fsp3) is 0.333. The standard InChI is InChI=1S/C12H11F3/c1-2-3-4-5-10-6-8-11(9-7-10)12(13,14)15/h6-9H,2-3H2,1H3. The number of alkyl halides is 3. The lowest BCUT2D eigenvalue weighted by molar-refractivity contribution is -0.137. The average Bonchev–Trinajstić information content (AvgIpc) is 2.18. The van der Waals surface area contributed by atoms with Gasteiger partial charge in [0, 0.05) is 12.0 Å². The van der Waals surface area contributed by atoms with Crippen molar-refractivity contribution in [3.63, 3.8) is 0 Å². The van der Waals surface area contributed by atoms with Gasteiger partial charge in [-0.1, -0.05) is 18.8 Å². The van der Waals surface area contributed by atoms with Crippen LogP contribution in [0, 0.1) is 11.8 Å². The molecule has 0 bridgehead atoms. The van der Waals surface area contributed by atoms with Gasteiger partial charge in [-0.15, -0.1) is 0 Å². The van der Waals surface area contributed by atoms with Crippen LogP contribution in [0.3, 0.4) is 0 Å². The van der Waals surface area contributed by atoms with Crippen LogP contribution >= 0.6 is 0 Å². The summed E-state index contributed by atoms with van der Waals surface area (Å²) in [5.74, 6) is 5.69. The number of hydrogen-bond donors (Lipinski definition) is 0. The summed E-state index contributed by atoms with van der Waals surface area (Å²) in [7, 11) is 0. The molecule has 15 heavy (non-hydrogen) atoms. The molecule has 1 aromatic rings. The van der Waals surface area contributed by atoms with E-state index in [2.05, 4.69) is 11.8 Å². The molecule has 1 rings (SSSR count). The first-order valence-electron chi connectivity index (χ1n) is 4.70. The van der Waals surface area contributed by atoms with E-state index < -0.39 is 11.7 Å². The minimum absolute atomic E-state index is 0.622. The summed E-state index contributed by atoms with van der Waals surface area (Å²) in [6.07, 6.45) is -2.55. The van der Waals surface area contributed by atoms with Crippen molar-refractivity contribution in [3.8, 4) is 11.8 Å². The Labute approximate surface area is 87.1 Å². The minimum atomic E-state index is -4.27. The molecule has 0 saturated heterocycles. The normalized spacial score (nSPS) is 10.7. The van der Waals surface area contributed by atoms with E-state index in [9.17, 15) is 13.2 Å². The zero-order valence-corrected chi connectivity index (χ0v) is 8.36. The maximum absolute atomic E-state index is 12.2. The molecule has 0 N–H and O–H groups in total. The molecule has 0 spiro atoms. The van der Waals surface area contributed by atoms with E-state index in [4.69, 9.17) is 0 Å². The van der Waals surface area contributed by atoms with Gasteiger partial charge in [0.05, 0.1) is 5.56 Å². The number of benzene rings is 1. The summed E-state index contributed by atoms with van der Waals surface area (Å²) < 4.78 is 36.6. The van der Waals surface area contributed by atoms with Crippen LogP contribution < -0.4 is 0 Å². The fourth-order valence-electron chi connectivity index (χ4n) is 1.03. The van der Waals surface area contributed by atoms with Crippen LogP contribution in [-0.2, 0) is 6.18 Å². The second-order valence-electron chi connectivity index (χ2n) is 3.13. The Morgan fingerprint density at radius 1 is 1.13 bits per heavy atom. The average molecular weight is 212 g/mol. The number of halogens is 3. The molecule has 0 radical (unpaired) electrons. The van der Waals surface area contributed by atoms with Gasteiger partial charge in [-0.2, -0.15) is 13.2 Å². The van der Waals surface area contributed by atoms with Crippen LogP contribution in [-0.4, -0.2) is 0 Å². The zero-order valence-electron chi connectivity index (χ0n) is 8.36. The van der Waals surface area contributed by atoms with Gasteiger partial charge in [0.25, 0.3) is 0 Å². The van der Waals surface area contributed by atoms with Crippen LogP contribution in [0.5, 0.6) is 0 Å². The van der Waals surface area contributed by atoms with Gasteiger partial charge in [-0.05, 0) is 30.7 Å². The third kappa shape index (κ3) is 3.67. The highest BCUT2D eigenvalue weighted by molar-refractivity contribution is 5.36. The van der Waals surface area contributed by atoms with Crippen LogP contribution in [0.1, 0.15) is 30.9 Å². The van der Waals surface area contributed by atoms with Crippen molar-refractivity contribution in [3.05, 3.63) is 35.4 Å². The van der Waals surface area contributed by atoms with Crippen LogP contribution in [0.4, 0.5) is 13.2 Å². The number of unbranched alkanes of at least 4 members (excludes halogenated alkanes) is 1. The van der Waals surface area contributed by atoms with E-state index in [-0.39, 0.29) is 0 Å². The summed E-state index contributed by atoms with van der Waals surface area (Å²) in [4.78, 5) is 0. The molecule has 3 heteroatoms. The lowest BCUT2D eigenvalue weighted by Crippen LogP contribution is -2.04. The summed E-state index contributed by atoms with van der Waals surface area (Å²) in [6.45, 7) is 2.00. The fourth-order valence-corrected chi connectivity index (χ4v) is 1.03. The predicted octanol–water partition coefficient (Wildman–Crippen LogP) is 3.86. The van der Waals surface area contributed by atoms with Gasteiger partial charge >= 0.3 is 6.18 Å². The van der Waals surface area contributed by atoms with Gasteiger partial charge in [-0.3, -0.25) is 0 Å². The maximum atomic E-state index is 12.2. The Balaban J connectivity index is 2.79. The highest BCUT2D eigenvalue weighted by atomic mass is 19.4. The summed E-state index contributed by atoms with van der Waals surface area (Å²) in [5, 5.41) is 0. The number of rotatable bonds is 1. The predicted molar refractivity (Wildman–Crippen MR) is 53.2 cm³/mol. The second kappa shape index (κ2) is 4.88. The molecule has 0 unspecified atom stereocenters. The second-order valence-corrected chi connectivity index (χ2v) is 3.13. The highest BCUT2D eigenvalue weighted by Crippen LogP contribution is 2.28. The first-order valence-corrected chi connectivity index (χ1v) is 4.70. The zero-order chi connectivity index (χ0) is 11.3. The highest BCUT2D eigenvalue weighted by Gasteiger charge is 2.29. The van der Waals surface area contributed by atoms with Crippen LogP contribution in [0.15, 0.2) is 24.3 Å². The van der Waals surface area contributed by atoms with Crippen molar-refractivity contribution in [2.24, 2.45) is 0 Å². The topological polar surface area (TPSA) is 0 Å². The van der Waals surface area contributed by atoms with Crippen molar-refractivity contribution in [1.82, 2.24) is 0 Å². The Morgan fingerprint density at radius 2 is 1.73 bits per heavy atom. The number of hydrogen-bond acceptors (Lipinski definition) is 0. The van der Waals surface area contributed by atoms with Crippen molar-refractivity contribution in [2.75, 3.05) is 0 Å². The third-order valence-electron chi connectivity index (χ3n) is 1.82. The minimum Gasteiger partial charge on any atom is -0.166 e. The summed E-state index contributed by atoms with van der Waals surface area (Å²) in [6, 6.07) is 4.89. The molecule has 0 aliphatic heterocycles. The van der Waals surface area contributed by atoms with E-state index in [0.717, 1.165) is 25.0 Å². The van der Waals surface area contributed by atoms with Gasteiger partial charge in [0.2, 0.25) is 0 Å². The van der Waals surface area contributed by atoms with Gasteiger partial charge in [0.15, 0.2) is 0 Å². The van der Waals surface area contributed by atoms with E-state index in [1.807, 2.05) is 6.92 Å². The maximum Gasteiger partial charge on any atom is 0.416 e. The van der Waals surface area contributed by atoms with Crippen molar-refractivity contribution < 1.29 is 13.2 Å².